The molecule has 1 aromatic carbocycles. The minimum atomic E-state index is -0.0770. The quantitative estimate of drug-likeness (QED) is 0.785. The fraction of sp³-hybridized carbons (Fsp3) is 0.696. The van der Waals surface area contributed by atoms with Crippen molar-refractivity contribution in [2.45, 2.75) is 70.1 Å². The van der Waals surface area contributed by atoms with Crippen LogP contribution in [0, 0.1) is 5.92 Å². The molecule has 1 aromatic rings. The molecule has 0 N–H and O–H groups in total. The molecule has 1 aliphatic carbocycles. The predicted octanol–water partition coefficient (Wildman–Crippen LogP) is 4.02. The number of benzene rings is 1. The number of hydrogen-bond donors (Lipinski definition) is 0. The summed E-state index contributed by atoms with van der Waals surface area (Å²) in [7, 11) is 0. The molecule has 3 aliphatic rings. The second kappa shape index (κ2) is 7.92. The molecule has 0 radical (unpaired) electrons. The highest BCUT2D eigenvalue weighted by Crippen LogP contribution is 2.45. The maximum Gasteiger partial charge on any atom is 0.219 e. The first-order valence-electron chi connectivity index (χ1n) is 10.8. The Morgan fingerprint density at radius 2 is 1.93 bits per heavy atom. The molecule has 4 heteroatoms. The van der Waals surface area contributed by atoms with Crippen molar-refractivity contribution in [1.29, 1.82) is 0 Å². The lowest BCUT2D eigenvalue weighted by atomic mass is 9.79. The Bertz CT molecular complexity index is 635. The number of likely N-dealkylation sites (tertiary alicyclic amines) is 1. The van der Waals surface area contributed by atoms with Crippen molar-refractivity contribution in [3.05, 3.63) is 35.9 Å². The molecule has 148 valence electrons. The van der Waals surface area contributed by atoms with Crippen LogP contribution in [0.5, 0.6) is 0 Å². The third-order valence-corrected chi connectivity index (χ3v) is 6.89. The number of amides is 1. The van der Waals surface area contributed by atoms with Gasteiger partial charge in [-0.3, -0.25) is 4.79 Å². The van der Waals surface area contributed by atoms with E-state index in [1.807, 2.05) is 4.90 Å². The third-order valence-electron chi connectivity index (χ3n) is 6.89. The summed E-state index contributed by atoms with van der Waals surface area (Å²) in [6.07, 6.45) is 7.11. The molecule has 0 aromatic heterocycles. The number of ether oxygens (including phenoxy) is 1. The molecule has 1 amide bonds. The van der Waals surface area contributed by atoms with Gasteiger partial charge in [-0.05, 0) is 56.6 Å². The van der Waals surface area contributed by atoms with Crippen molar-refractivity contribution in [1.82, 2.24) is 9.80 Å². The molecule has 2 aliphatic heterocycles. The van der Waals surface area contributed by atoms with E-state index in [1.165, 1.54) is 24.9 Å². The van der Waals surface area contributed by atoms with Crippen LogP contribution in [0.25, 0.3) is 0 Å². The summed E-state index contributed by atoms with van der Waals surface area (Å²) < 4.78 is 6.81. The van der Waals surface area contributed by atoms with Crippen molar-refractivity contribution in [2.75, 3.05) is 26.2 Å². The number of rotatable bonds is 5. The highest BCUT2D eigenvalue weighted by molar-refractivity contribution is 5.73. The number of piperidine rings is 1. The van der Waals surface area contributed by atoms with Gasteiger partial charge in [0.15, 0.2) is 0 Å². The second-order valence-electron chi connectivity index (χ2n) is 8.83. The molecule has 2 heterocycles. The monoisotopic (exact) mass is 370 g/mol. The van der Waals surface area contributed by atoms with E-state index in [4.69, 9.17) is 4.74 Å². The zero-order valence-electron chi connectivity index (χ0n) is 16.9. The van der Waals surface area contributed by atoms with Crippen LogP contribution < -0.4 is 0 Å². The maximum absolute atomic E-state index is 11.8. The Morgan fingerprint density at radius 1 is 1.22 bits per heavy atom. The van der Waals surface area contributed by atoms with Gasteiger partial charge in [0.05, 0.1) is 11.7 Å². The van der Waals surface area contributed by atoms with E-state index in [0.29, 0.717) is 6.04 Å². The molecular weight excluding hydrogens is 336 g/mol. The largest absolute Gasteiger partial charge is 0.367 e. The second-order valence-corrected chi connectivity index (χ2v) is 8.83. The summed E-state index contributed by atoms with van der Waals surface area (Å²) in [5.74, 6) is 1.11. The average Bonchev–Trinajstić information content (AvgIpc) is 3.51. The predicted molar refractivity (Wildman–Crippen MR) is 107 cm³/mol. The molecule has 1 saturated carbocycles. The van der Waals surface area contributed by atoms with Gasteiger partial charge in [0.1, 0.15) is 0 Å². The Hall–Kier alpha value is -1.39. The van der Waals surface area contributed by atoms with E-state index in [2.05, 4.69) is 42.2 Å². The molecule has 1 spiro atoms. The van der Waals surface area contributed by atoms with Crippen LogP contribution in [0.15, 0.2) is 30.3 Å². The SMILES string of the molecule is CCN(CC1CC1)[C@H]1C[C@@H](c2ccccc2)OC2(CCN(C(C)=O)CC2)C1. The first-order valence-corrected chi connectivity index (χ1v) is 10.8. The van der Waals surface area contributed by atoms with Gasteiger partial charge in [0.2, 0.25) is 5.91 Å². The van der Waals surface area contributed by atoms with Gasteiger partial charge in [-0.2, -0.15) is 0 Å². The number of carbonyl (C=O) groups excluding carboxylic acids is 1. The lowest BCUT2D eigenvalue weighted by Crippen LogP contribution is -2.55. The normalized spacial score (nSPS) is 27.9. The van der Waals surface area contributed by atoms with Crippen molar-refractivity contribution in [3.63, 3.8) is 0 Å². The first-order chi connectivity index (χ1) is 13.1. The van der Waals surface area contributed by atoms with Crippen molar-refractivity contribution < 1.29 is 9.53 Å². The summed E-state index contributed by atoms with van der Waals surface area (Å²) in [4.78, 5) is 16.5. The van der Waals surface area contributed by atoms with Crippen molar-refractivity contribution in [3.8, 4) is 0 Å². The van der Waals surface area contributed by atoms with Gasteiger partial charge in [-0.15, -0.1) is 0 Å². The summed E-state index contributed by atoms with van der Waals surface area (Å²) in [5, 5.41) is 0. The summed E-state index contributed by atoms with van der Waals surface area (Å²) in [6, 6.07) is 11.3. The lowest BCUT2D eigenvalue weighted by molar-refractivity contribution is -0.177. The lowest BCUT2D eigenvalue weighted by Gasteiger charge is -2.51. The van der Waals surface area contributed by atoms with Gasteiger partial charge >= 0.3 is 0 Å². The van der Waals surface area contributed by atoms with Gasteiger partial charge in [-0.25, -0.2) is 0 Å². The average molecular weight is 371 g/mol. The van der Waals surface area contributed by atoms with Gasteiger partial charge in [-0.1, -0.05) is 37.3 Å². The summed E-state index contributed by atoms with van der Waals surface area (Å²) in [5.41, 5.74) is 1.23. The first kappa shape index (κ1) is 18.9. The smallest absolute Gasteiger partial charge is 0.219 e. The van der Waals surface area contributed by atoms with E-state index in [-0.39, 0.29) is 17.6 Å². The highest BCUT2D eigenvalue weighted by atomic mass is 16.5. The molecule has 3 fully saturated rings. The maximum atomic E-state index is 11.8. The van der Waals surface area contributed by atoms with Crippen LogP contribution in [0.4, 0.5) is 0 Å². The topological polar surface area (TPSA) is 32.8 Å². The summed E-state index contributed by atoms with van der Waals surface area (Å²) >= 11 is 0. The van der Waals surface area contributed by atoms with Crippen LogP contribution in [-0.4, -0.2) is 53.5 Å². The third kappa shape index (κ3) is 4.38. The number of hydrogen-bond acceptors (Lipinski definition) is 3. The van der Waals surface area contributed by atoms with Gasteiger partial charge in [0, 0.05) is 32.6 Å². The number of carbonyl (C=O) groups is 1. The van der Waals surface area contributed by atoms with Crippen LogP contribution in [0.1, 0.15) is 64.0 Å². The fourth-order valence-electron chi connectivity index (χ4n) is 5.03. The molecule has 2 atom stereocenters. The van der Waals surface area contributed by atoms with E-state index in [1.54, 1.807) is 6.92 Å². The molecule has 0 unspecified atom stereocenters. The molecular formula is C23H34N2O2. The molecule has 4 rings (SSSR count). The Kier molecular flexibility index (Phi) is 5.56. The highest BCUT2D eigenvalue weighted by Gasteiger charge is 2.46. The van der Waals surface area contributed by atoms with E-state index in [0.717, 1.165) is 51.2 Å². The van der Waals surface area contributed by atoms with Crippen LogP contribution in [-0.2, 0) is 9.53 Å². The van der Waals surface area contributed by atoms with Crippen molar-refractivity contribution >= 4 is 5.91 Å². The number of nitrogens with zero attached hydrogens (tertiary/aromatic N) is 2. The van der Waals surface area contributed by atoms with E-state index in [9.17, 15) is 4.79 Å². The minimum absolute atomic E-state index is 0.0770. The van der Waals surface area contributed by atoms with Crippen LogP contribution >= 0.6 is 0 Å². The Morgan fingerprint density at radius 3 is 2.52 bits per heavy atom. The molecule has 27 heavy (non-hydrogen) atoms. The van der Waals surface area contributed by atoms with E-state index < -0.39 is 0 Å². The van der Waals surface area contributed by atoms with Gasteiger partial charge < -0.3 is 14.5 Å². The minimum Gasteiger partial charge on any atom is -0.367 e. The fourth-order valence-corrected chi connectivity index (χ4v) is 5.03. The Balaban J connectivity index is 1.54. The van der Waals surface area contributed by atoms with Crippen LogP contribution in [0.2, 0.25) is 0 Å². The zero-order chi connectivity index (χ0) is 18.9. The van der Waals surface area contributed by atoms with Crippen LogP contribution in [0.3, 0.4) is 0 Å². The summed E-state index contributed by atoms with van der Waals surface area (Å²) in [6.45, 7) is 8.03. The van der Waals surface area contributed by atoms with Gasteiger partial charge in [0.25, 0.3) is 0 Å². The standard InChI is InChI=1S/C23H34N2O2/c1-3-24(17-19-9-10-19)21-15-22(20-7-5-4-6-8-20)27-23(16-21)11-13-25(14-12-23)18(2)26/h4-8,19,21-22H,3,9-17H2,1-2H3/t21-,22-/m0/s1. The zero-order valence-corrected chi connectivity index (χ0v) is 16.9. The molecule has 0 bridgehead atoms. The van der Waals surface area contributed by atoms with Crippen molar-refractivity contribution in [2.24, 2.45) is 5.92 Å². The molecule has 2 saturated heterocycles. The Labute approximate surface area is 163 Å². The molecule has 4 nitrogen and oxygen atoms in total. The van der Waals surface area contributed by atoms with E-state index >= 15 is 0 Å².